The van der Waals surface area contributed by atoms with Gasteiger partial charge in [-0.3, -0.25) is 0 Å². The molecule has 0 radical (unpaired) electrons. The normalized spacial score (nSPS) is 17.3. The molecule has 5 heteroatoms. The van der Waals surface area contributed by atoms with Gasteiger partial charge in [0.2, 0.25) is 0 Å². The minimum Gasteiger partial charge on any atom is -0.368 e. The zero-order valence-electron chi connectivity index (χ0n) is 9.98. The van der Waals surface area contributed by atoms with Crippen molar-refractivity contribution in [2.75, 3.05) is 18.4 Å². The Kier molecular flexibility index (Phi) is 2.29. The zero-order chi connectivity index (χ0) is 11.9. The number of nitrogens with two attached hydrogens (primary N) is 1. The van der Waals surface area contributed by atoms with E-state index in [4.69, 9.17) is 5.73 Å². The maximum absolute atomic E-state index is 5.77. The van der Waals surface area contributed by atoms with Crippen molar-refractivity contribution < 1.29 is 0 Å². The Labute approximate surface area is 100 Å². The van der Waals surface area contributed by atoms with Crippen molar-refractivity contribution >= 4 is 11.3 Å². The second-order valence-corrected chi connectivity index (χ2v) is 4.95. The molecule has 2 aromatic rings. The average molecular weight is 231 g/mol. The molecule has 0 aromatic carbocycles. The minimum absolute atomic E-state index is 0.309. The summed E-state index contributed by atoms with van der Waals surface area (Å²) in [5.41, 5.74) is 8.11. The van der Waals surface area contributed by atoms with Gasteiger partial charge in [0.1, 0.15) is 5.52 Å². The first kappa shape index (κ1) is 10.5. The molecule has 0 bridgehead atoms. The van der Waals surface area contributed by atoms with Crippen LogP contribution in [0.3, 0.4) is 0 Å². The molecule has 3 rings (SSSR count). The van der Waals surface area contributed by atoms with Gasteiger partial charge in [0.25, 0.3) is 0 Å². The fourth-order valence-corrected chi connectivity index (χ4v) is 2.08. The van der Waals surface area contributed by atoms with Crippen molar-refractivity contribution in [2.45, 2.75) is 19.8 Å². The summed E-state index contributed by atoms with van der Waals surface area (Å²) in [6.45, 7) is 3.64. The van der Waals surface area contributed by atoms with E-state index in [0.29, 0.717) is 5.41 Å². The van der Waals surface area contributed by atoms with Crippen molar-refractivity contribution in [1.82, 2.24) is 14.6 Å². The Hall–Kier alpha value is -1.62. The van der Waals surface area contributed by atoms with Crippen LogP contribution < -0.4 is 11.1 Å². The van der Waals surface area contributed by atoms with Gasteiger partial charge in [0.05, 0.1) is 5.69 Å². The number of hydrogen-bond acceptors (Lipinski definition) is 4. The fourth-order valence-electron chi connectivity index (χ4n) is 2.08. The van der Waals surface area contributed by atoms with E-state index in [1.54, 1.807) is 6.20 Å². The van der Waals surface area contributed by atoms with Crippen LogP contribution in [0.5, 0.6) is 0 Å². The number of nitrogens with zero attached hydrogens (tertiary/aromatic N) is 3. The highest BCUT2D eigenvalue weighted by Gasteiger charge is 2.40. The number of nitrogens with one attached hydrogen (secondary N) is 1. The largest absolute Gasteiger partial charge is 0.368 e. The number of anilines is 1. The monoisotopic (exact) mass is 231 g/mol. The molecular weight excluding hydrogens is 214 g/mol. The highest BCUT2D eigenvalue weighted by molar-refractivity contribution is 5.67. The molecule has 5 nitrogen and oxygen atoms in total. The van der Waals surface area contributed by atoms with Crippen molar-refractivity contribution in [2.24, 2.45) is 11.1 Å². The molecule has 1 aliphatic rings. The fraction of sp³-hybridized carbons (Fsp3) is 0.500. The third-order valence-electron chi connectivity index (χ3n) is 3.53. The molecule has 0 saturated heterocycles. The summed E-state index contributed by atoms with van der Waals surface area (Å²) in [5, 5.41) is 7.77. The Morgan fingerprint density at radius 2 is 2.35 bits per heavy atom. The molecule has 1 saturated carbocycles. The summed E-state index contributed by atoms with van der Waals surface area (Å²) in [5.74, 6) is 0.896. The van der Waals surface area contributed by atoms with Gasteiger partial charge < -0.3 is 11.1 Å². The number of aromatic nitrogens is 3. The Bertz CT molecular complexity index is 541. The molecule has 3 N–H and O–H groups in total. The SMILES string of the molecule is Cc1cc2c(NCC3(CN)CC3)nccn2n1. The van der Waals surface area contributed by atoms with Crippen LogP contribution in [0.15, 0.2) is 18.5 Å². The van der Waals surface area contributed by atoms with E-state index < -0.39 is 0 Å². The summed E-state index contributed by atoms with van der Waals surface area (Å²) in [6, 6.07) is 2.04. The number of hydrogen-bond donors (Lipinski definition) is 2. The van der Waals surface area contributed by atoms with E-state index in [0.717, 1.165) is 30.1 Å². The van der Waals surface area contributed by atoms with E-state index in [-0.39, 0.29) is 0 Å². The second kappa shape index (κ2) is 3.70. The smallest absolute Gasteiger partial charge is 0.152 e. The lowest BCUT2D eigenvalue weighted by molar-refractivity contribution is 0.555. The van der Waals surface area contributed by atoms with Gasteiger partial charge in [-0.15, -0.1) is 0 Å². The summed E-state index contributed by atoms with van der Waals surface area (Å²) >= 11 is 0. The first-order valence-electron chi connectivity index (χ1n) is 5.97. The Morgan fingerprint density at radius 1 is 1.53 bits per heavy atom. The Balaban J connectivity index is 1.85. The molecule has 2 heterocycles. The van der Waals surface area contributed by atoms with Gasteiger partial charge >= 0.3 is 0 Å². The number of rotatable bonds is 4. The van der Waals surface area contributed by atoms with Gasteiger partial charge in [-0.05, 0) is 37.8 Å². The van der Waals surface area contributed by atoms with Crippen LogP contribution in [0.25, 0.3) is 5.52 Å². The average Bonchev–Trinajstić information content (AvgIpc) is 3.01. The highest BCUT2D eigenvalue weighted by Crippen LogP contribution is 2.44. The molecule has 17 heavy (non-hydrogen) atoms. The molecule has 0 spiro atoms. The van der Waals surface area contributed by atoms with E-state index in [1.165, 1.54) is 12.8 Å². The molecule has 1 fully saturated rings. The van der Waals surface area contributed by atoms with Crippen LogP contribution >= 0.6 is 0 Å². The maximum atomic E-state index is 5.77. The topological polar surface area (TPSA) is 68.2 Å². The van der Waals surface area contributed by atoms with Crippen molar-refractivity contribution in [3.63, 3.8) is 0 Å². The maximum Gasteiger partial charge on any atom is 0.152 e. The van der Waals surface area contributed by atoms with Crippen molar-refractivity contribution in [1.29, 1.82) is 0 Å². The number of fused-ring (bicyclic) bond motifs is 1. The number of aryl methyl sites for hydroxylation is 1. The van der Waals surface area contributed by atoms with Crippen molar-refractivity contribution in [3.05, 3.63) is 24.2 Å². The quantitative estimate of drug-likeness (QED) is 0.829. The summed E-state index contributed by atoms with van der Waals surface area (Å²) in [6.07, 6.45) is 6.07. The summed E-state index contributed by atoms with van der Waals surface area (Å²) < 4.78 is 1.85. The first-order chi connectivity index (χ1) is 8.22. The summed E-state index contributed by atoms with van der Waals surface area (Å²) in [7, 11) is 0. The lowest BCUT2D eigenvalue weighted by Crippen LogP contribution is -2.24. The van der Waals surface area contributed by atoms with Crippen molar-refractivity contribution in [3.8, 4) is 0 Å². The van der Waals surface area contributed by atoms with Gasteiger partial charge in [0, 0.05) is 18.9 Å². The van der Waals surface area contributed by atoms with Crippen LogP contribution in [-0.2, 0) is 0 Å². The van der Waals surface area contributed by atoms with Gasteiger partial charge in [-0.25, -0.2) is 9.50 Å². The van der Waals surface area contributed by atoms with E-state index in [1.807, 2.05) is 23.7 Å². The molecular formula is C12H17N5. The third kappa shape index (κ3) is 1.86. The minimum atomic E-state index is 0.309. The molecule has 0 aliphatic heterocycles. The molecule has 1 aliphatic carbocycles. The van der Waals surface area contributed by atoms with Crippen LogP contribution in [-0.4, -0.2) is 27.7 Å². The Morgan fingerprint density at radius 3 is 3.06 bits per heavy atom. The van der Waals surface area contributed by atoms with E-state index in [9.17, 15) is 0 Å². The van der Waals surface area contributed by atoms with Crippen LogP contribution in [0, 0.1) is 12.3 Å². The third-order valence-corrected chi connectivity index (χ3v) is 3.53. The predicted octanol–water partition coefficient (Wildman–Crippen LogP) is 1.19. The molecule has 0 atom stereocenters. The molecule has 0 amide bonds. The first-order valence-corrected chi connectivity index (χ1v) is 5.97. The van der Waals surface area contributed by atoms with Crippen LogP contribution in [0.4, 0.5) is 5.82 Å². The molecule has 90 valence electrons. The lowest BCUT2D eigenvalue weighted by atomic mass is 10.1. The predicted molar refractivity (Wildman–Crippen MR) is 66.9 cm³/mol. The highest BCUT2D eigenvalue weighted by atomic mass is 15.2. The van der Waals surface area contributed by atoms with Gasteiger partial charge in [-0.2, -0.15) is 5.10 Å². The molecule has 2 aromatic heterocycles. The zero-order valence-corrected chi connectivity index (χ0v) is 9.98. The van der Waals surface area contributed by atoms with Gasteiger partial charge in [0.15, 0.2) is 5.82 Å². The molecule has 0 unspecified atom stereocenters. The summed E-state index contributed by atoms with van der Waals surface area (Å²) in [4.78, 5) is 4.37. The van der Waals surface area contributed by atoms with E-state index >= 15 is 0 Å². The van der Waals surface area contributed by atoms with Gasteiger partial charge in [-0.1, -0.05) is 0 Å². The standard InChI is InChI=1S/C12H17N5/c1-9-6-10-11(14-4-5-17(10)16-9)15-8-12(7-13)2-3-12/h4-6H,2-3,7-8,13H2,1H3,(H,14,15). The lowest BCUT2D eigenvalue weighted by Gasteiger charge is -2.14. The van der Waals surface area contributed by atoms with E-state index in [2.05, 4.69) is 15.4 Å². The van der Waals surface area contributed by atoms with Crippen LogP contribution in [0.1, 0.15) is 18.5 Å². The van der Waals surface area contributed by atoms with Crippen LogP contribution in [0.2, 0.25) is 0 Å². The second-order valence-electron chi connectivity index (χ2n) is 4.95.